The fourth-order valence-corrected chi connectivity index (χ4v) is 4.67. The van der Waals surface area contributed by atoms with Crippen LogP contribution in [-0.4, -0.2) is 52.2 Å². The third kappa shape index (κ3) is 5.06. The molecule has 8 nitrogen and oxygen atoms in total. The van der Waals surface area contributed by atoms with E-state index in [1.165, 1.54) is 29.2 Å². The monoisotopic (exact) mass is 489 g/mol. The zero-order valence-corrected chi connectivity index (χ0v) is 20.3. The summed E-state index contributed by atoms with van der Waals surface area (Å²) in [6, 6.07) is 7.85. The third-order valence-electron chi connectivity index (χ3n) is 6.85. The molecule has 0 saturated carbocycles. The Hall–Kier alpha value is -3.85. The van der Waals surface area contributed by atoms with E-state index in [1.807, 2.05) is 19.1 Å². The molecule has 1 amide bonds. The Morgan fingerprint density at radius 3 is 2.78 bits per heavy atom. The zero-order chi connectivity index (χ0) is 25.2. The summed E-state index contributed by atoms with van der Waals surface area (Å²) >= 11 is 0. The number of piperidine rings is 1. The lowest BCUT2D eigenvalue weighted by Crippen LogP contribution is -2.36. The largest absolute Gasteiger partial charge is 0.364 e. The Labute approximate surface area is 207 Å². The molecule has 186 valence electrons. The van der Waals surface area contributed by atoms with Gasteiger partial charge in [-0.15, -0.1) is 0 Å². The van der Waals surface area contributed by atoms with Crippen molar-refractivity contribution < 1.29 is 13.7 Å². The number of pyridine rings is 2. The maximum Gasteiger partial charge on any atom is 0.260 e. The maximum atomic E-state index is 14.4. The summed E-state index contributed by atoms with van der Waals surface area (Å²) in [5.74, 6) is -0.389. The first-order valence-corrected chi connectivity index (χ1v) is 12.0. The molecule has 1 aromatic carbocycles. The van der Waals surface area contributed by atoms with Crippen LogP contribution in [0.3, 0.4) is 0 Å². The first kappa shape index (κ1) is 23.9. The van der Waals surface area contributed by atoms with Crippen molar-refractivity contribution in [3.05, 3.63) is 82.0 Å². The smallest absolute Gasteiger partial charge is 0.260 e. The second kappa shape index (κ2) is 10.0. The number of rotatable bonds is 6. The van der Waals surface area contributed by atoms with Crippen LogP contribution < -0.4 is 10.9 Å². The Morgan fingerprint density at radius 2 is 2.03 bits per heavy atom. The summed E-state index contributed by atoms with van der Waals surface area (Å²) < 4.78 is 20.9. The number of fused-ring (bicyclic) bond motifs is 1. The summed E-state index contributed by atoms with van der Waals surface area (Å²) in [5, 5.41) is 8.00. The van der Waals surface area contributed by atoms with Crippen LogP contribution in [0.15, 0.2) is 58.3 Å². The van der Waals surface area contributed by atoms with Gasteiger partial charge < -0.3 is 19.3 Å². The molecule has 1 aliphatic heterocycles. The number of carbonyl (C=O) groups excluding carboxylic acids is 1. The molecule has 5 rings (SSSR count). The highest BCUT2D eigenvalue weighted by Gasteiger charge is 2.18. The summed E-state index contributed by atoms with van der Waals surface area (Å²) in [6.07, 6.45) is 6.79. The van der Waals surface area contributed by atoms with Crippen LogP contribution in [0.5, 0.6) is 0 Å². The number of nitrogens with one attached hydrogen (secondary N) is 1. The summed E-state index contributed by atoms with van der Waals surface area (Å²) in [5.41, 5.74) is 2.69. The first-order chi connectivity index (χ1) is 17.4. The topological polar surface area (TPSA) is 93.3 Å². The molecule has 4 aromatic rings. The lowest BCUT2D eigenvalue weighted by atomic mass is 9.97. The molecule has 0 atom stereocenters. The highest BCUT2D eigenvalue weighted by atomic mass is 19.1. The molecule has 1 saturated heterocycles. The van der Waals surface area contributed by atoms with E-state index in [4.69, 9.17) is 4.52 Å². The number of aromatic nitrogens is 3. The van der Waals surface area contributed by atoms with Crippen molar-refractivity contribution in [2.45, 2.75) is 26.3 Å². The minimum atomic E-state index is -0.513. The highest BCUT2D eigenvalue weighted by molar-refractivity contribution is 5.94. The Bertz CT molecular complexity index is 1470. The first-order valence-electron chi connectivity index (χ1n) is 12.0. The number of benzene rings is 1. The van der Waals surface area contributed by atoms with E-state index in [-0.39, 0.29) is 23.6 Å². The van der Waals surface area contributed by atoms with Crippen LogP contribution in [0.1, 0.15) is 34.5 Å². The molecule has 3 aromatic heterocycles. The van der Waals surface area contributed by atoms with Crippen molar-refractivity contribution in [3.63, 3.8) is 0 Å². The lowest BCUT2D eigenvalue weighted by Gasteiger charge is -2.28. The molecule has 0 bridgehead atoms. The molecular weight excluding hydrogens is 461 g/mol. The quantitative estimate of drug-likeness (QED) is 0.445. The molecule has 0 spiro atoms. The van der Waals surface area contributed by atoms with Crippen LogP contribution in [0.2, 0.25) is 0 Å². The second-order valence-corrected chi connectivity index (χ2v) is 9.52. The minimum absolute atomic E-state index is 0.133. The number of halogens is 1. The van der Waals surface area contributed by atoms with Gasteiger partial charge in [-0.3, -0.25) is 14.6 Å². The number of amides is 1. The Balaban J connectivity index is 1.33. The van der Waals surface area contributed by atoms with Gasteiger partial charge in [0.25, 0.3) is 11.5 Å². The van der Waals surface area contributed by atoms with E-state index in [2.05, 4.69) is 27.4 Å². The average Bonchev–Trinajstić information content (AvgIpc) is 3.30. The van der Waals surface area contributed by atoms with Gasteiger partial charge in [0.05, 0.1) is 28.9 Å². The van der Waals surface area contributed by atoms with Gasteiger partial charge in [0, 0.05) is 24.5 Å². The van der Waals surface area contributed by atoms with Crippen LogP contribution >= 0.6 is 0 Å². The van der Waals surface area contributed by atoms with Crippen LogP contribution in [0, 0.1) is 18.7 Å². The van der Waals surface area contributed by atoms with Crippen molar-refractivity contribution in [1.29, 1.82) is 0 Å². The van der Waals surface area contributed by atoms with E-state index >= 15 is 0 Å². The highest BCUT2D eigenvalue weighted by Crippen LogP contribution is 2.23. The molecule has 36 heavy (non-hydrogen) atoms. The molecule has 1 N–H and O–H groups in total. The zero-order valence-electron chi connectivity index (χ0n) is 20.3. The lowest BCUT2D eigenvalue weighted by molar-refractivity contribution is 0.0938. The van der Waals surface area contributed by atoms with Crippen molar-refractivity contribution in [2.75, 3.05) is 26.7 Å². The molecule has 9 heteroatoms. The average molecular weight is 490 g/mol. The Morgan fingerprint density at radius 1 is 1.22 bits per heavy atom. The summed E-state index contributed by atoms with van der Waals surface area (Å²) in [7, 11) is 2.09. The van der Waals surface area contributed by atoms with E-state index < -0.39 is 5.82 Å². The standard InChI is InChI=1S/C27H28FN5O3/c1-17-24(16-36-31-17)25-12-20-5-8-33(27(35)23(20)14-29-25)15-19-9-21(11-22(28)10-19)26(34)30-13-18-3-6-32(2)7-4-18/h5,8-12,14,16,18H,3-4,6-7,13,15H2,1-2H3,(H,30,34). The molecule has 1 fully saturated rings. The maximum absolute atomic E-state index is 14.4. The molecular formula is C27H28FN5O3. The molecule has 0 radical (unpaired) electrons. The molecule has 4 heterocycles. The number of carbonyl (C=O) groups is 1. The van der Waals surface area contributed by atoms with Gasteiger partial charge in [-0.25, -0.2) is 4.39 Å². The molecule has 0 unspecified atom stereocenters. The van der Waals surface area contributed by atoms with Gasteiger partial charge >= 0.3 is 0 Å². The van der Waals surface area contributed by atoms with E-state index in [9.17, 15) is 14.0 Å². The molecule has 1 aliphatic rings. The van der Waals surface area contributed by atoms with Crippen molar-refractivity contribution in [1.82, 2.24) is 24.9 Å². The second-order valence-electron chi connectivity index (χ2n) is 9.52. The SMILES string of the molecule is Cc1nocc1-c1cc2ccn(Cc3cc(F)cc(C(=O)NCC4CCN(C)CC4)c3)c(=O)c2cn1. The number of nitrogens with zero attached hydrogens (tertiary/aromatic N) is 4. The van der Waals surface area contributed by atoms with Crippen molar-refractivity contribution in [2.24, 2.45) is 5.92 Å². The van der Waals surface area contributed by atoms with Gasteiger partial charge in [0.2, 0.25) is 0 Å². The van der Waals surface area contributed by atoms with Crippen LogP contribution in [0.25, 0.3) is 22.0 Å². The number of hydrogen-bond acceptors (Lipinski definition) is 6. The van der Waals surface area contributed by atoms with Crippen LogP contribution in [0.4, 0.5) is 4.39 Å². The number of aryl methyl sites for hydroxylation is 1. The predicted octanol–water partition coefficient (Wildman–Crippen LogP) is 3.62. The van der Waals surface area contributed by atoms with Gasteiger partial charge in [-0.05, 0) is 87.1 Å². The van der Waals surface area contributed by atoms with Gasteiger partial charge in [0.1, 0.15) is 12.1 Å². The van der Waals surface area contributed by atoms with Gasteiger partial charge in [-0.1, -0.05) is 5.16 Å². The summed E-state index contributed by atoms with van der Waals surface area (Å²) in [4.78, 5) is 32.5. The van der Waals surface area contributed by atoms with E-state index in [0.717, 1.165) is 36.9 Å². The number of hydrogen-bond donors (Lipinski definition) is 1. The normalized spacial score (nSPS) is 14.9. The van der Waals surface area contributed by atoms with E-state index in [1.54, 1.807) is 12.3 Å². The van der Waals surface area contributed by atoms with Crippen molar-refractivity contribution >= 4 is 16.7 Å². The minimum Gasteiger partial charge on any atom is -0.364 e. The summed E-state index contributed by atoms with van der Waals surface area (Å²) in [6.45, 7) is 4.57. The fraction of sp³-hybridized carbons (Fsp3) is 0.333. The number of likely N-dealkylation sites (tertiary alicyclic amines) is 1. The molecule has 0 aliphatic carbocycles. The Kier molecular flexibility index (Phi) is 6.65. The third-order valence-corrected chi connectivity index (χ3v) is 6.85. The fourth-order valence-electron chi connectivity index (χ4n) is 4.67. The van der Waals surface area contributed by atoms with E-state index in [0.29, 0.717) is 34.8 Å². The van der Waals surface area contributed by atoms with Gasteiger partial charge in [0.15, 0.2) is 0 Å². The predicted molar refractivity (Wildman–Crippen MR) is 134 cm³/mol. The van der Waals surface area contributed by atoms with Crippen molar-refractivity contribution in [3.8, 4) is 11.3 Å². The van der Waals surface area contributed by atoms with Crippen LogP contribution in [-0.2, 0) is 6.54 Å². The van der Waals surface area contributed by atoms with Gasteiger partial charge in [-0.2, -0.15) is 0 Å².